The van der Waals surface area contributed by atoms with E-state index >= 15 is 0 Å². The average Bonchev–Trinajstić information content (AvgIpc) is 3.39. The lowest BCUT2D eigenvalue weighted by Gasteiger charge is -2.09. The second kappa shape index (κ2) is 7.06. The lowest BCUT2D eigenvalue weighted by atomic mass is 10.2. The van der Waals surface area contributed by atoms with Gasteiger partial charge >= 0.3 is 0 Å². The van der Waals surface area contributed by atoms with Gasteiger partial charge in [-0.3, -0.25) is 4.79 Å². The van der Waals surface area contributed by atoms with Crippen LogP contribution < -0.4 is 19.5 Å². The fourth-order valence-corrected chi connectivity index (χ4v) is 2.80. The Morgan fingerprint density at radius 3 is 3.00 bits per heavy atom. The lowest BCUT2D eigenvalue weighted by molar-refractivity contribution is 0.0832. The highest BCUT2D eigenvalue weighted by Crippen LogP contribution is 2.35. The van der Waals surface area contributed by atoms with E-state index in [1.54, 1.807) is 30.3 Å². The molecule has 3 heterocycles. The minimum absolute atomic E-state index is 0.104. The number of nitrogens with one attached hydrogen (secondary N) is 1. The van der Waals surface area contributed by atoms with Gasteiger partial charge in [-0.25, -0.2) is 0 Å². The SMILES string of the molecule is O=C(NCC1CCCO1)c1ccc(COc2ccc3c(c2)OCO3)o1. The van der Waals surface area contributed by atoms with Crippen LogP contribution in [0.15, 0.2) is 34.7 Å². The topological polar surface area (TPSA) is 79.2 Å². The number of furan rings is 1. The molecule has 1 aromatic heterocycles. The molecule has 1 aromatic carbocycles. The van der Waals surface area contributed by atoms with Crippen LogP contribution in [0.3, 0.4) is 0 Å². The third-order valence-corrected chi connectivity index (χ3v) is 4.12. The van der Waals surface area contributed by atoms with E-state index in [-0.39, 0.29) is 31.2 Å². The molecule has 1 amide bonds. The van der Waals surface area contributed by atoms with Crippen LogP contribution in [0, 0.1) is 0 Å². The van der Waals surface area contributed by atoms with Crippen molar-refractivity contribution in [1.29, 1.82) is 0 Å². The summed E-state index contributed by atoms with van der Waals surface area (Å²) >= 11 is 0. The molecule has 0 spiro atoms. The Hall–Kier alpha value is -2.67. The first-order valence-corrected chi connectivity index (χ1v) is 8.29. The smallest absolute Gasteiger partial charge is 0.287 e. The summed E-state index contributed by atoms with van der Waals surface area (Å²) in [5.74, 6) is 2.60. The van der Waals surface area contributed by atoms with Crippen molar-refractivity contribution in [2.45, 2.75) is 25.6 Å². The maximum absolute atomic E-state index is 12.1. The van der Waals surface area contributed by atoms with Gasteiger partial charge in [0.1, 0.15) is 18.1 Å². The van der Waals surface area contributed by atoms with Gasteiger partial charge in [-0.1, -0.05) is 0 Å². The van der Waals surface area contributed by atoms with Crippen molar-refractivity contribution < 1.29 is 28.2 Å². The van der Waals surface area contributed by atoms with Crippen molar-refractivity contribution in [1.82, 2.24) is 5.32 Å². The summed E-state index contributed by atoms with van der Waals surface area (Å²) in [6.45, 7) is 1.71. The highest BCUT2D eigenvalue weighted by Gasteiger charge is 2.18. The van der Waals surface area contributed by atoms with E-state index in [1.165, 1.54) is 0 Å². The van der Waals surface area contributed by atoms with Crippen molar-refractivity contribution in [3.63, 3.8) is 0 Å². The van der Waals surface area contributed by atoms with E-state index in [4.69, 9.17) is 23.4 Å². The largest absolute Gasteiger partial charge is 0.486 e. The molecule has 1 unspecified atom stereocenters. The number of hydrogen-bond acceptors (Lipinski definition) is 6. The minimum atomic E-state index is -0.246. The molecule has 0 aliphatic carbocycles. The molecule has 0 saturated carbocycles. The van der Waals surface area contributed by atoms with Gasteiger partial charge in [0.05, 0.1) is 6.10 Å². The summed E-state index contributed by atoms with van der Waals surface area (Å²) in [7, 11) is 0. The Balaban J connectivity index is 1.29. The summed E-state index contributed by atoms with van der Waals surface area (Å²) in [4.78, 5) is 12.1. The number of carbonyl (C=O) groups is 1. The summed E-state index contributed by atoms with van der Waals surface area (Å²) in [5.41, 5.74) is 0. The number of ether oxygens (including phenoxy) is 4. The summed E-state index contributed by atoms with van der Waals surface area (Å²) in [6.07, 6.45) is 2.13. The van der Waals surface area contributed by atoms with Crippen LogP contribution in [-0.2, 0) is 11.3 Å². The zero-order valence-electron chi connectivity index (χ0n) is 13.7. The fourth-order valence-electron chi connectivity index (χ4n) is 2.80. The van der Waals surface area contributed by atoms with Crippen molar-refractivity contribution in [3.05, 3.63) is 41.9 Å². The monoisotopic (exact) mass is 345 g/mol. The van der Waals surface area contributed by atoms with Gasteiger partial charge in [0, 0.05) is 19.2 Å². The van der Waals surface area contributed by atoms with Gasteiger partial charge in [-0.2, -0.15) is 0 Å². The molecular formula is C18H19NO6. The van der Waals surface area contributed by atoms with Crippen molar-refractivity contribution in [2.24, 2.45) is 0 Å². The molecule has 1 N–H and O–H groups in total. The van der Waals surface area contributed by atoms with Crippen molar-refractivity contribution in [2.75, 3.05) is 19.9 Å². The molecule has 25 heavy (non-hydrogen) atoms. The normalized spacial score (nSPS) is 18.3. The van der Waals surface area contributed by atoms with Crippen LogP contribution in [0.4, 0.5) is 0 Å². The van der Waals surface area contributed by atoms with Gasteiger partial charge in [-0.05, 0) is 37.1 Å². The van der Waals surface area contributed by atoms with E-state index in [2.05, 4.69) is 5.32 Å². The van der Waals surface area contributed by atoms with Crippen LogP contribution in [0.5, 0.6) is 17.2 Å². The summed E-state index contributed by atoms with van der Waals surface area (Å²) < 4.78 is 27.3. The molecule has 4 rings (SSSR count). The van der Waals surface area contributed by atoms with Gasteiger partial charge in [0.15, 0.2) is 17.3 Å². The Morgan fingerprint density at radius 2 is 2.12 bits per heavy atom. The quantitative estimate of drug-likeness (QED) is 0.867. The first kappa shape index (κ1) is 15.8. The third kappa shape index (κ3) is 3.71. The molecule has 1 fully saturated rings. The number of hydrogen-bond donors (Lipinski definition) is 1. The molecule has 7 heteroatoms. The second-order valence-corrected chi connectivity index (χ2v) is 5.91. The van der Waals surface area contributed by atoms with E-state index in [1.807, 2.05) is 0 Å². The highest BCUT2D eigenvalue weighted by molar-refractivity contribution is 5.91. The van der Waals surface area contributed by atoms with Crippen molar-refractivity contribution >= 4 is 5.91 Å². The van der Waals surface area contributed by atoms with E-state index in [0.29, 0.717) is 29.6 Å². The van der Waals surface area contributed by atoms with Crippen LogP contribution in [0.2, 0.25) is 0 Å². The van der Waals surface area contributed by atoms with Crippen LogP contribution in [0.25, 0.3) is 0 Å². The maximum atomic E-state index is 12.1. The van der Waals surface area contributed by atoms with Crippen LogP contribution in [-0.4, -0.2) is 32.0 Å². The number of fused-ring (bicyclic) bond motifs is 1. The molecular weight excluding hydrogens is 326 g/mol. The molecule has 2 aliphatic rings. The first-order chi connectivity index (χ1) is 12.3. The predicted octanol–water partition coefficient (Wildman–Crippen LogP) is 2.50. The zero-order chi connectivity index (χ0) is 17.1. The van der Waals surface area contributed by atoms with E-state index in [9.17, 15) is 4.79 Å². The van der Waals surface area contributed by atoms with Crippen LogP contribution in [0.1, 0.15) is 29.2 Å². The number of benzene rings is 1. The number of rotatable bonds is 6. The van der Waals surface area contributed by atoms with E-state index < -0.39 is 0 Å². The van der Waals surface area contributed by atoms with Crippen molar-refractivity contribution in [3.8, 4) is 17.2 Å². The van der Waals surface area contributed by atoms with Gasteiger partial charge in [-0.15, -0.1) is 0 Å². The van der Waals surface area contributed by atoms with Gasteiger partial charge < -0.3 is 28.7 Å². The zero-order valence-corrected chi connectivity index (χ0v) is 13.7. The summed E-state index contributed by atoms with van der Waals surface area (Å²) in [6, 6.07) is 8.73. The molecule has 1 saturated heterocycles. The second-order valence-electron chi connectivity index (χ2n) is 5.91. The Morgan fingerprint density at radius 1 is 1.20 bits per heavy atom. The molecule has 1 atom stereocenters. The lowest BCUT2D eigenvalue weighted by Crippen LogP contribution is -2.31. The average molecular weight is 345 g/mol. The molecule has 0 radical (unpaired) electrons. The predicted molar refractivity (Wildman–Crippen MR) is 86.9 cm³/mol. The summed E-state index contributed by atoms with van der Waals surface area (Å²) in [5, 5.41) is 2.83. The standard InChI is InChI=1S/C18H19NO6/c20-18(19-9-13-2-1-7-21-13)16-6-4-14(25-16)10-22-12-3-5-15-17(8-12)24-11-23-15/h3-6,8,13H,1-2,7,9-11H2,(H,19,20). The molecule has 7 nitrogen and oxygen atoms in total. The Bertz CT molecular complexity index is 750. The maximum Gasteiger partial charge on any atom is 0.287 e. The Kier molecular flexibility index (Phi) is 4.47. The van der Waals surface area contributed by atoms with Gasteiger partial charge in [0.25, 0.3) is 5.91 Å². The first-order valence-electron chi connectivity index (χ1n) is 8.29. The van der Waals surface area contributed by atoms with Crippen LogP contribution >= 0.6 is 0 Å². The number of amides is 1. The van der Waals surface area contributed by atoms with E-state index in [0.717, 1.165) is 19.4 Å². The van der Waals surface area contributed by atoms with Gasteiger partial charge in [0.2, 0.25) is 6.79 Å². The minimum Gasteiger partial charge on any atom is -0.486 e. The molecule has 132 valence electrons. The third-order valence-electron chi connectivity index (χ3n) is 4.12. The Labute approximate surface area is 144 Å². The molecule has 0 bridgehead atoms. The molecule has 2 aromatic rings. The highest BCUT2D eigenvalue weighted by atomic mass is 16.7. The number of carbonyl (C=O) groups excluding carboxylic acids is 1. The fraction of sp³-hybridized carbons (Fsp3) is 0.389. The molecule has 2 aliphatic heterocycles.